The molecular formula is C6H5N3S. The minimum atomic E-state index is 0.797. The first-order valence-electron chi connectivity index (χ1n) is 2.85. The van der Waals surface area contributed by atoms with E-state index in [2.05, 4.69) is 22.8 Å². The molecule has 0 aliphatic rings. The molecule has 4 heteroatoms. The largest absolute Gasteiger partial charge is 0.259 e. The lowest BCUT2D eigenvalue weighted by atomic mass is 10.4. The summed E-state index contributed by atoms with van der Waals surface area (Å²) in [7, 11) is 0. The Morgan fingerprint density at radius 3 is 3.10 bits per heavy atom. The number of hydrogen-bond donors (Lipinski definition) is 1. The van der Waals surface area contributed by atoms with Crippen LogP contribution in [0.4, 0.5) is 0 Å². The third-order valence-corrected chi connectivity index (χ3v) is 1.58. The van der Waals surface area contributed by atoms with Gasteiger partial charge in [-0.2, -0.15) is 0 Å². The van der Waals surface area contributed by atoms with Gasteiger partial charge in [-0.3, -0.25) is 3.97 Å². The molecule has 0 unspecified atom stereocenters. The molecule has 2 heterocycles. The van der Waals surface area contributed by atoms with Gasteiger partial charge >= 0.3 is 0 Å². The van der Waals surface area contributed by atoms with Gasteiger partial charge < -0.3 is 0 Å². The van der Waals surface area contributed by atoms with E-state index < -0.39 is 0 Å². The summed E-state index contributed by atoms with van der Waals surface area (Å²) in [4.78, 5) is 8.11. The second kappa shape index (κ2) is 1.98. The summed E-state index contributed by atoms with van der Waals surface area (Å²) in [6.45, 7) is 0. The lowest BCUT2D eigenvalue weighted by Gasteiger charge is -1.87. The van der Waals surface area contributed by atoms with E-state index in [-0.39, 0.29) is 0 Å². The van der Waals surface area contributed by atoms with E-state index in [1.165, 1.54) is 0 Å². The standard InChI is InChI=1S/C6H5N3S/c10-9-4-8-5-2-1-3-7-6(5)9/h1-4,10H. The number of pyridine rings is 1. The van der Waals surface area contributed by atoms with Gasteiger partial charge in [0.1, 0.15) is 11.8 Å². The Morgan fingerprint density at radius 1 is 1.40 bits per heavy atom. The zero-order valence-corrected chi connectivity index (χ0v) is 5.99. The molecule has 50 valence electrons. The van der Waals surface area contributed by atoms with Crippen molar-refractivity contribution in [3.8, 4) is 0 Å². The van der Waals surface area contributed by atoms with Gasteiger partial charge in [0, 0.05) is 6.20 Å². The van der Waals surface area contributed by atoms with Crippen LogP contribution >= 0.6 is 12.8 Å². The zero-order valence-electron chi connectivity index (χ0n) is 5.10. The van der Waals surface area contributed by atoms with Crippen LogP contribution in [0.3, 0.4) is 0 Å². The molecule has 2 aromatic heterocycles. The van der Waals surface area contributed by atoms with Crippen molar-refractivity contribution >= 4 is 24.0 Å². The normalized spacial score (nSPS) is 10.5. The van der Waals surface area contributed by atoms with Crippen LogP contribution in [0.2, 0.25) is 0 Å². The molecule has 0 saturated carbocycles. The van der Waals surface area contributed by atoms with Gasteiger partial charge in [0.2, 0.25) is 0 Å². The molecule has 0 aliphatic carbocycles. The highest BCUT2D eigenvalue weighted by Crippen LogP contribution is 2.08. The fourth-order valence-electron chi connectivity index (χ4n) is 0.837. The van der Waals surface area contributed by atoms with Crippen LogP contribution in [-0.2, 0) is 0 Å². The van der Waals surface area contributed by atoms with Crippen molar-refractivity contribution in [2.45, 2.75) is 0 Å². The zero-order chi connectivity index (χ0) is 6.97. The molecule has 0 radical (unpaired) electrons. The van der Waals surface area contributed by atoms with Gasteiger partial charge in [-0.15, -0.1) is 0 Å². The molecule has 0 amide bonds. The van der Waals surface area contributed by atoms with Crippen molar-refractivity contribution < 1.29 is 0 Å². The quantitative estimate of drug-likeness (QED) is 0.572. The van der Waals surface area contributed by atoms with Crippen LogP contribution in [0.25, 0.3) is 11.2 Å². The Kier molecular flexibility index (Phi) is 1.14. The van der Waals surface area contributed by atoms with Crippen molar-refractivity contribution in [1.29, 1.82) is 0 Å². The van der Waals surface area contributed by atoms with E-state index in [0.29, 0.717) is 0 Å². The second-order valence-corrected chi connectivity index (χ2v) is 2.37. The Labute approximate surface area is 63.3 Å². The third kappa shape index (κ3) is 0.690. The van der Waals surface area contributed by atoms with Gasteiger partial charge in [0.25, 0.3) is 0 Å². The topological polar surface area (TPSA) is 30.7 Å². The molecule has 0 saturated heterocycles. The molecule has 0 spiro atoms. The molecule has 2 aromatic rings. The number of thiol groups is 1. The summed E-state index contributed by atoms with van der Waals surface area (Å²) in [6.07, 6.45) is 3.34. The molecule has 0 bridgehead atoms. The monoisotopic (exact) mass is 151 g/mol. The van der Waals surface area contributed by atoms with Gasteiger partial charge in [-0.05, 0) is 12.1 Å². The van der Waals surface area contributed by atoms with Gasteiger partial charge in [-0.1, -0.05) is 12.8 Å². The molecular weight excluding hydrogens is 146 g/mol. The Hall–Kier alpha value is -1.03. The Bertz CT molecular complexity index is 355. The van der Waals surface area contributed by atoms with E-state index in [1.807, 2.05) is 12.1 Å². The van der Waals surface area contributed by atoms with Crippen LogP contribution in [0, 0.1) is 0 Å². The predicted molar refractivity (Wildman–Crippen MR) is 41.9 cm³/mol. The second-order valence-electron chi connectivity index (χ2n) is 1.94. The maximum absolute atomic E-state index is 4.09. The average Bonchev–Trinajstić information content (AvgIpc) is 2.34. The fraction of sp³-hybridized carbons (Fsp3) is 0. The number of fused-ring (bicyclic) bond motifs is 1. The van der Waals surface area contributed by atoms with Crippen LogP contribution in [0.1, 0.15) is 0 Å². The molecule has 0 aromatic carbocycles. The average molecular weight is 151 g/mol. The van der Waals surface area contributed by atoms with Crippen LogP contribution in [0.15, 0.2) is 24.7 Å². The van der Waals surface area contributed by atoms with Crippen molar-refractivity contribution in [3.63, 3.8) is 0 Å². The molecule has 3 nitrogen and oxygen atoms in total. The van der Waals surface area contributed by atoms with Gasteiger partial charge in [0.15, 0.2) is 5.65 Å². The lowest BCUT2D eigenvalue weighted by molar-refractivity contribution is 1.24. The Balaban J connectivity index is 2.93. The fourth-order valence-corrected chi connectivity index (χ4v) is 1.04. The highest BCUT2D eigenvalue weighted by molar-refractivity contribution is 7.78. The lowest BCUT2D eigenvalue weighted by Crippen LogP contribution is -1.78. The summed E-state index contributed by atoms with van der Waals surface area (Å²) in [6, 6.07) is 3.75. The molecule has 0 aliphatic heterocycles. The SMILES string of the molecule is Sn1cnc2cccnc21. The number of imidazole rings is 1. The molecule has 0 fully saturated rings. The van der Waals surface area contributed by atoms with E-state index >= 15 is 0 Å². The number of rotatable bonds is 0. The first kappa shape index (κ1) is 5.73. The van der Waals surface area contributed by atoms with E-state index in [9.17, 15) is 0 Å². The molecule has 0 N–H and O–H groups in total. The Morgan fingerprint density at radius 2 is 2.30 bits per heavy atom. The van der Waals surface area contributed by atoms with Crippen molar-refractivity contribution in [2.24, 2.45) is 0 Å². The third-order valence-electron chi connectivity index (χ3n) is 1.29. The maximum atomic E-state index is 4.09. The first-order valence-corrected chi connectivity index (χ1v) is 3.25. The van der Waals surface area contributed by atoms with Crippen LogP contribution in [-0.4, -0.2) is 13.9 Å². The van der Waals surface area contributed by atoms with E-state index in [1.54, 1.807) is 16.5 Å². The summed E-state index contributed by atoms with van der Waals surface area (Å²) in [5.74, 6) is 0. The highest BCUT2D eigenvalue weighted by Gasteiger charge is 1.96. The van der Waals surface area contributed by atoms with Crippen molar-refractivity contribution in [1.82, 2.24) is 13.9 Å². The van der Waals surface area contributed by atoms with Crippen molar-refractivity contribution in [3.05, 3.63) is 24.7 Å². The number of nitrogens with zero attached hydrogens (tertiary/aromatic N) is 3. The number of aromatic nitrogens is 3. The molecule has 0 atom stereocenters. The minimum Gasteiger partial charge on any atom is -0.259 e. The van der Waals surface area contributed by atoms with Crippen LogP contribution < -0.4 is 0 Å². The number of hydrogen-bond acceptors (Lipinski definition) is 3. The first-order chi connectivity index (χ1) is 4.88. The van der Waals surface area contributed by atoms with Crippen molar-refractivity contribution in [2.75, 3.05) is 0 Å². The summed E-state index contributed by atoms with van der Waals surface area (Å²) < 4.78 is 1.59. The van der Waals surface area contributed by atoms with Gasteiger partial charge in [0.05, 0.1) is 0 Å². The smallest absolute Gasteiger partial charge is 0.169 e. The van der Waals surface area contributed by atoms with E-state index in [4.69, 9.17) is 0 Å². The minimum absolute atomic E-state index is 0.797. The maximum Gasteiger partial charge on any atom is 0.169 e. The summed E-state index contributed by atoms with van der Waals surface area (Å²) >= 11 is 4.09. The van der Waals surface area contributed by atoms with E-state index in [0.717, 1.165) is 11.2 Å². The predicted octanol–water partition coefficient (Wildman–Crippen LogP) is 1.12. The summed E-state index contributed by atoms with van der Waals surface area (Å²) in [5.41, 5.74) is 1.67. The van der Waals surface area contributed by atoms with Crippen LogP contribution in [0.5, 0.6) is 0 Å². The molecule has 10 heavy (non-hydrogen) atoms. The van der Waals surface area contributed by atoms with Gasteiger partial charge in [-0.25, -0.2) is 9.97 Å². The summed E-state index contributed by atoms with van der Waals surface area (Å²) in [5, 5.41) is 0. The highest BCUT2D eigenvalue weighted by atomic mass is 32.1. The molecule has 2 rings (SSSR count).